The molecule has 0 aliphatic rings. The molecule has 2 rings (SSSR count). The number of nitrogens with two attached hydrogens (primary N) is 1. The number of rotatable bonds is 5. The lowest BCUT2D eigenvalue weighted by molar-refractivity contribution is -0.149. The second kappa shape index (κ2) is 7.33. The third-order valence-corrected chi connectivity index (χ3v) is 4.21. The van der Waals surface area contributed by atoms with Gasteiger partial charge in [-0.1, -0.05) is 18.2 Å². The van der Waals surface area contributed by atoms with Gasteiger partial charge in [-0.2, -0.15) is 0 Å². The number of hydrogen-bond donors (Lipinski definition) is 2. The highest BCUT2D eigenvalue weighted by molar-refractivity contribution is 5.74. The van der Waals surface area contributed by atoms with E-state index in [4.69, 9.17) is 10.5 Å². The number of aryl methyl sites for hydroxylation is 3. The predicted molar refractivity (Wildman–Crippen MR) is 95.4 cm³/mol. The van der Waals surface area contributed by atoms with E-state index in [-0.39, 0.29) is 12.2 Å². The highest BCUT2D eigenvalue weighted by atomic mass is 19.1. The lowest BCUT2D eigenvalue weighted by Crippen LogP contribution is -2.40. The third kappa shape index (κ3) is 4.06. The number of carbonyl (C=O) groups is 1. The zero-order valence-corrected chi connectivity index (χ0v) is 15.0. The van der Waals surface area contributed by atoms with Crippen LogP contribution in [0.4, 0.5) is 4.39 Å². The highest BCUT2D eigenvalue weighted by Gasteiger charge is 2.32. The molecule has 0 spiro atoms. The van der Waals surface area contributed by atoms with E-state index in [2.05, 4.69) is 0 Å². The Morgan fingerprint density at radius 1 is 1.20 bits per heavy atom. The summed E-state index contributed by atoms with van der Waals surface area (Å²) in [6.45, 7) is 7.36. The van der Waals surface area contributed by atoms with Crippen molar-refractivity contribution in [3.05, 3.63) is 58.4 Å². The SMILES string of the molecule is CCOC(=O)C[C@@](N)(O)c1cc(-c2c(C)cccc2C)cc(C)c1F. The van der Waals surface area contributed by atoms with Crippen LogP contribution in [-0.4, -0.2) is 17.7 Å². The van der Waals surface area contributed by atoms with Gasteiger partial charge < -0.3 is 9.84 Å². The van der Waals surface area contributed by atoms with E-state index in [1.807, 2.05) is 32.0 Å². The summed E-state index contributed by atoms with van der Waals surface area (Å²) < 4.78 is 19.5. The molecule has 25 heavy (non-hydrogen) atoms. The second-order valence-corrected chi connectivity index (χ2v) is 6.33. The van der Waals surface area contributed by atoms with E-state index in [0.29, 0.717) is 5.56 Å². The molecule has 134 valence electrons. The minimum Gasteiger partial charge on any atom is -0.466 e. The number of esters is 1. The summed E-state index contributed by atoms with van der Waals surface area (Å²) >= 11 is 0. The first kappa shape index (κ1) is 19.1. The van der Waals surface area contributed by atoms with Crippen molar-refractivity contribution >= 4 is 5.97 Å². The Bertz CT molecular complexity index is 780. The summed E-state index contributed by atoms with van der Waals surface area (Å²) in [5.74, 6) is -1.30. The van der Waals surface area contributed by atoms with Crippen LogP contribution in [0.5, 0.6) is 0 Å². The Hall–Kier alpha value is -2.24. The molecule has 3 N–H and O–H groups in total. The molecule has 0 radical (unpaired) electrons. The maximum absolute atomic E-state index is 14.6. The van der Waals surface area contributed by atoms with E-state index in [1.165, 1.54) is 6.07 Å². The average molecular weight is 345 g/mol. The minimum absolute atomic E-state index is 0.113. The summed E-state index contributed by atoms with van der Waals surface area (Å²) in [7, 11) is 0. The topological polar surface area (TPSA) is 72.5 Å². The van der Waals surface area contributed by atoms with Gasteiger partial charge in [0.25, 0.3) is 0 Å². The summed E-state index contributed by atoms with van der Waals surface area (Å²) in [5.41, 5.74) is 7.73. The quantitative estimate of drug-likeness (QED) is 0.643. The van der Waals surface area contributed by atoms with Crippen molar-refractivity contribution in [2.45, 2.75) is 39.8 Å². The second-order valence-electron chi connectivity index (χ2n) is 6.33. The van der Waals surface area contributed by atoms with Gasteiger partial charge in [-0.15, -0.1) is 0 Å². The standard InChI is InChI=1S/C20H24FNO3/c1-5-25-17(23)11-20(22,24)16-10-15(9-14(4)19(16)21)18-12(2)7-6-8-13(18)3/h6-10,24H,5,11,22H2,1-4H3/t20-/m1/s1. The van der Waals surface area contributed by atoms with Crippen molar-refractivity contribution in [3.8, 4) is 11.1 Å². The van der Waals surface area contributed by atoms with Crippen molar-refractivity contribution < 1.29 is 19.0 Å². The largest absolute Gasteiger partial charge is 0.466 e. The molecule has 0 amide bonds. The first-order valence-corrected chi connectivity index (χ1v) is 8.21. The fourth-order valence-electron chi connectivity index (χ4n) is 3.03. The maximum Gasteiger partial charge on any atom is 0.310 e. The van der Waals surface area contributed by atoms with Gasteiger partial charge in [-0.05, 0) is 67.6 Å². The van der Waals surface area contributed by atoms with Crippen LogP contribution < -0.4 is 5.73 Å². The number of benzene rings is 2. The number of ether oxygens (including phenoxy) is 1. The van der Waals surface area contributed by atoms with Crippen LogP contribution >= 0.6 is 0 Å². The van der Waals surface area contributed by atoms with E-state index < -0.39 is 23.9 Å². The van der Waals surface area contributed by atoms with Crippen LogP contribution in [0.1, 0.15) is 35.6 Å². The smallest absolute Gasteiger partial charge is 0.310 e. The Labute approximate surface area is 147 Å². The molecule has 0 heterocycles. The van der Waals surface area contributed by atoms with Crippen LogP contribution in [0.2, 0.25) is 0 Å². The summed E-state index contributed by atoms with van der Waals surface area (Å²) in [5, 5.41) is 10.5. The molecule has 2 aromatic rings. The minimum atomic E-state index is -2.15. The van der Waals surface area contributed by atoms with Crippen molar-refractivity contribution in [3.63, 3.8) is 0 Å². The van der Waals surface area contributed by atoms with Gasteiger partial charge in [-0.3, -0.25) is 10.5 Å². The lowest BCUT2D eigenvalue weighted by Gasteiger charge is -2.25. The fourth-order valence-corrected chi connectivity index (χ4v) is 3.03. The summed E-state index contributed by atoms with van der Waals surface area (Å²) in [6, 6.07) is 9.11. The molecule has 4 nitrogen and oxygen atoms in total. The van der Waals surface area contributed by atoms with Gasteiger partial charge in [0, 0.05) is 5.56 Å². The van der Waals surface area contributed by atoms with Crippen LogP contribution in [0.3, 0.4) is 0 Å². The average Bonchev–Trinajstić information content (AvgIpc) is 2.49. The number of carbonyl (C=O) groups excluding carboxylic acids is 1. The van der Waals surface area contributed by atoms with Crippen LogP contribution in [0.25, 0.3) is 11.1 Å². The number of halogens is 1. The van der Waals surface area contributed by atoms with Gasteiger partial charge in [-0.25, -0.2) is 4.39 Å². The molecule has 1 atom stereocenters. The van der Waals surface area contributed by atoms with Crippen molar-refractivity contribution in [2.24, 2.45) is 5.73 Å². The summed E-state index contributed by atoms with van der Waals surface area (Å²) in [6.07, 6.45) is -0.520. The first-order chi connectivity index (χ1) is 11.7. The summed E-state index contributed by atoms with van der Waals surface area (Å²) in [4.78, 5) is 11.7. The lowest BCUT2D eigenvalue weighted by atomic mass is 9.89. The normalized spacial score (nSPS) is 13.4. The molecule has 0 saturated carbocycles. The van der Waals surface area contributed by atoms with Crippen LogP contribution in [-0.2, 0) is 15.3 Å². The monoisotopic (exact) mass is 345 g/mol. The van der Waals surface area contributed by atoms with Crippen molar-refractivity contribution in [2.75, 3.05) is 6.61 Å². The molecule has 0 unspecified atom stereocenters. The molecule has 0 aromatic heterocycles. The molecule has 0 bridgehead atoms. The Morgan fingerprint density at radius 2 is 1.80 bits per heavy atom. The van der Waals surface area contributed by atoms with Gasteiger partial charge in [0.1, 0.15) is 5.82 Å². The molecule has 0 fully saturated rings. The molecule has 0 aliphatic carbocycles. The molecule has 0 aliphatic heterocycles. The Kier molecular flexibility index (Phi) is 5.60. The molecule has 0 saturated heterocycles. The van der Waals surface area contributed by atoms with E-state index in [1.54, 1.807) is 19.9 Å². The number of hydrogen-bond acceptors (Lipinski definition) is 4. The third-order valence-electron chi connectivity index (χ3n) is 4.21. The van der Waals surface area contributed by atoms with Gasteiger partial charge >= 0.3 is 5.97 Å². The molecule has 5 heteroatoms. The zero-order chi connectivity index (χ0) is 18.8. The van der Waals surface area contributed by atoms with E-state index in [9.17, 15) is 14.3 Å². The van der Waals surface area contributed by atoms with Gasteiger partial charge in [0.05, 0.1) is 13.0 Å². The molecular weight excluding hydrogens is 321 g/mol. The highest BCUT2D eigenvalue weighted by Crippen LogP contribution is 2.33. The van der Waals surface area contributed by atoms with Crippen molar-refractivity contribution in [1.82, 2.24) is 0 Å². The Balaban J connectivity index is 2.57. The van der Waals surface area contributed by atoms with Crippen molar-refractivity contribution in [1.29, 1.82) is 0 Å². The fraction of sp³-hybridized carbons (Fsp3) is 0.350. The maximum atomic E-state index is 14.6. The molecular formula is C20H24FNO3. The first-order valence-electron chi connectivity index (χ1n) is 8.21. The van der Waals surface area contributed by atoms with Crippen LogP contribution in [0.15, 0.2) is 30.3 Å². The van der Waals surface area contributed by atoms with E-state index >= 15 is 0 Å². The number of aliphatic hydroxyl groups is 1. The van der Waals surface area contributed by atoms with Gasteiger partial charge in [0.2, 0.25) is 0 Å². The zero-order valence-electron chi connectivity index (χ0n) is 15.0. The predicted octanol–water partition coefficient (Wildman–Crippen LogP) is 3.47. The van der Waals surface area contributed by atoms with E-state index in [0.717, 1.165) is 22.3 Å². The van der Waals surface area contributed by atoms with Crippen LogP contribution in [0, 0.1) is 26.6 Å². The molecule has 2 aromatic carbocycles. The Morgan fingerprint density at radius 3 is 2.36 bits per heavy atom. The van der Waals surface area contributed by atoms with Gasteiger partial charge in [0.15, 0.2) is 5.72 Å².